The fourth-order valence-corrected chi connectivity index (χ4v) is 2.28. The lowest BCUT2D eigenvalue weighted by molar-refractivity contribution is -0.139. The number of primary amides is 1. The Morgan fingerprint density at radius 2 is 2.08 bits per heavy atom. The SMILES string of the molecule is CCOc1cc(/C=C(/C#N)C(=O)NC(N)=O)cc(Br)c1OCC(=O)O. The number of nitrogens with two attached hydrogens (primary N) is 1. The molecule has 0 saturated heterocycles. The molecule has 0 unspecified atom stereocenters. The molecule has 9 nitrogen and oxygen atoms in total. The van der Waals surface area contributed by atoms with E-state index in [0.29, 0.717) is 10.0 Å². The third-order valence-electron chi connectivity index (χ3n) is 2.58. The first kappa shape index (κ1) is 20.0. The van der Waals surface area contributed by atoms with E-state index < -0.39 is 24.5 Å². The Balaban J connectivity index is 3.26. The van der Waals surface area contributed by atoms with Crippen molar-refractivity contribution in [2.75, 3.05) is 13.2 Å². The number of nitriles is 1. The van der Waals surface area contributed by atoms with Gasteiger partial charge in [0, 0.05) is 0 Å². The summed E-state index contributed by atoms with van der Waals surface area (Å²) in [6, 6.07) is 3.53. The molecule has 0 aliphatic heterocycles. The number of carbonyl (C=O) groups excluding carboxylic acids is 2. The van der Waals surface area contributed by atoms with Crippen LogP contribution in [0.25, 0.3) is 6.08 Å². The molecule has 0 bridgehead atoms. The quantitative estimate of drug-likeness (QED) is 0.452. The number of carboxylic acid groups (broad SMARTS) is 1. The summed E-state index contributed by atoms with van der Waals surface area (Å²) in [6.07, 6.45) is 1.21. The summed E-state index contributed by atoms with van der Waals surface area (Å²) in [5.74, 6) is -1.72. The summed E-state index contributed by atoms with van der Waals surface area (Å²) in [6.45, 7) is 1.42. The zero-order valence-electron chi connectivity index (χ0n) is 13.0. The van der Waals surface area contributed by atoms with Gasteiger partial charge in [0.1, 0.15) is 11.6 Å². The first-order chi connectivity index (χ1) is 11.8. The van der Waals surface area contributed by atoms with Gasteiger partial charge < -0.3 is 20.3 Å². The van der Waals surface area contributed by atoms with Crippen LogP contribution >= 0.6 is 15.9 Å². The number of aliphatic carboxylic acids is 1. The average molecular weight is 412 g/mol. The molecule has 0 fully saturated rings. The van der Waals surface area contributed by atoms with Crippen molar-refractivity contribution in [1.82, 2.24) is 5.32 Å². The topological polar surface area (TPSA) is 152 Å². The maximum absolute atomic E-state index is 11.7. The molecule has 0 spiro atoms. The number of rotatable bonds is 7. The zero-order valence-corrected chi connectivity index (χ0v) is 14.6. The number of benzene rings is 1. The number of imide groups is 1. The van der Waals surface area contributed by atoms with Crippen LogP contribution in [0.3, 0.4) is 0 Å². The second-order valence-electron chi connectivity index (χ2n) is 4.43. The van der Waals surface area contributed by atoms with Gasteiger partial charge in [0.2, 0.25) is 0 Å². The number of halogens is 1. The van der Waals surface area contributed by atoms with Crippen molar-refractivity contribution in [3.8, 4) is 17.6 Å². The van der Waals surface area contributed by atoms with E-state index in [1.54, 1.807) is 18.3 Å². The van der Waals surface area contributed by atoms with Gasteiger partial charge in [0.25, 0.3) is 5.91 Å². The van der Waals surface area contributed by atoms with E-state index in [0.717, 1.165) is 0 Å². The Morgan fingerprint density at radius 3 is 2.60 bits per heavy atom. The molecule has 4 N–H and O–H groups in total. The predicted molar refractivity (Wildman–Crippen MR) is 89.8 cm³/mol. The van der Waals surface area contributed by atoms with Crippen LogP contribution < -0.4 is 20.5 Å². The molecule has 0 aromatic heterocycles. The summed E-state index contributed by atoms with van der Waals surface area (Å²) in [5.41, 5.74) is 4.87. The lowest BCUT2D eigenvalue weighted by atomic mass is 10.1. The number of nitrogens with one attached hydrogen (secondary N) is 1. The molecule has 10 heteroatoms. The van der Waals surface area contributed by atoms with Crippen molar-refractivity contribution in [2.45, 2.75) is 6.92 Å². The molecule has 1 aromatic carbocycles. The number of urea groups is 1. The maximum Gasteiger partial charge on any atom is 0.341 e. The molecule has 0 saturated carbocycles. The number of hydrogen-bond acceptors (Lipinski definition) is 6. The highest BCUT2D eigenvalue weighted by molar-refractivity contribution is 9.10. The first-order valence-electron chi connectivity index (χ1n) is 6.82. The Morgan fingerprint density at radius 1 is 1.40 bits per heavy atom. The summed E-state index contributed by atoms with van der Waals surface area (Å²) in [5, 5.41) is 19.6. The molecule has 0 radical (unpaired) electrons. The number of nitrogens with zero attached hydrogens (tertiary/aromatic N) is 1. The Kier molecular flexibility index (Phi) is 7.43. The van der Waals surface area contributed by atoms with Crippen molar-refractivity contribution in [3.05, 3.63) is 27.7 Å². The monoisotopic (exact) mass is 411 g/mol. The molecule has 3 amide bonds. The molecular weight excluding hydrogens is 398 g/mol. The number of carboxylic acids is 1. The smallest absolute Gasteiger partial charge is 0.341 e. The average Bonchev–Trinajstić information content (AvgIpc) is 2.51. The summed E-state index contributed by atoms with van der Waals surface area (Å²) in [7, 11) is 0. The van der Waals surface area contributed by atoms with Crippen LogP contribution in [0.15, 0.2) is 22.2 Å². The van der Waals surface area contributed by atoms with Crippen molar-refractivity contribution in [3.63, 3.8) is 0 Å². The molecule has 0 heterocycles. The molecule has 0 aliphatic rings. The van der Waals surface area contributed by atoms with E-state index in [-0.39, 0.29) is 23.7 Å². The molecule has 1 aromatic rings. The van der Waals surface area contributed by atoms with Gasteiger partial charge in [-0.2, -0.15) is 5.26 Å². The minimum absolute atomic E-state index is 0.168. The number of amides is 3. The molecule has 132 valence electrons. The molecule has 0 atom stereocenters. The number of ether oxygens (including phenoxy) is 2. The van der Waals surface area contributed by atoms with Crippen LogP contribution in [0.5, 0.6) is 11.5 Å². The minimum atomic E-state index is -1.16. The first-order valence-corrected chi connectivity index (χ1v) is 7.61. The molecule has 25 heavy (non-hydrogen) atoms. The Hall–Kier alpha value is -3.06. The van der Waals surface area contributed by atoms with Crippen LogP contribution in [-0.4, -0.2) is 36.2 Å². The van der Waals surface area contributed by atoms with Crippen LogP contribution in [0.2, 0.25) is 0 Å². The standard InChI is InChI=1S/C15H14BrN3O6/c1-2-24-11-5-8(3-9(6-17)14(22)19-15(18)23)4-10(16)13(11)25-7-12(20)21/h3-5H,2,7H2,1H3,(H,20,21)(H3,18,19,22,23)/b9-3-. The van der Waals surface area contributed by atoms with Gasteiger partial charge in [-0.3, -0.25) is 10.1 Å². The van der Waals surface area contributed by atoms with Crippen molar-refractivity contribution < 1.29 is 29.0 Å². The minimum Gasteiger partial charge on any atom is -0.490 e. The van der Waals surface area contributed by atoms with Gasteiger partial charge in [0.15, 0.2) is 18.1 Å². The van der Waals surface area contributed by atoms with E-state index in [1.165, 1.54) is 18.2 Å². The third-order valence-corrected chi connectivity index (χ3v) is 3.17. The second-order valence-corrected chi connectivity index (χ2v) is 5.29. The van der Waals surface area contributed by atoms with Crippen LogP contribution in [0.1, 0.15) is 12.5 Å². The number of hydrogen-bond donors (Lipinski definition) is 3. The van der Waals surface area contributed by atoms with Gasteiger partial charge in [0.05, 0.1) is 11.1 Å². The van der Waals surface area contributed by atoms with Crippen molar-refractivity contribution >= 4 is 39.9 Å². The van der Waals surface area contributed by atoms with Gasteiger partial charge in [-0.1, -0.05) is 0 Å². The maximum atomic E-state index is 11.7. The molecule has 1 rings (SSSR count). The zero-order chi connectivity index (χ0) is 19.0. The van der Waals surface area contributed by atoms with Gasteiger partial charge in [-0.05, 0) is 46.6 Å². The van der Waals surface area contributed by atoms with Gasteiger partial charge in [-0.25, -0.2) is 9.59 Å². The largest absolute Gasteiger partial charge is 0.490 e. The van der Waals surface area contributed by atoms with Crippen LogP contribution in [0, 0.1) is 11.3 Å². The van der Waals surface area contributed by atoms with E-state index in [2.05, 4.69) is 15.9 Å². The second kappa shape index (κ2) is 9.29. The third kappa shape index (κ3) is 6.15. The van der Waals surface area contributed by atoms with Gasteiger partial charge >= 0.3 is 12.0 Å². The summed E-state index contributed by atoms with van der Waals surface area (Å²) >= 11 is 3.22. The molecular formula is C15H14BrN3O6. The lowest BCUT2D eigenvalue weighted by Crippen LogP contribution is -2.35. The fraction of sp³-hybridized carbons (Fsp3) is 0.200. The van der Waals surface area contributed by atoms with Crippen LogP contribution in [-0.2, 0) is 9.59 Å². The number of carbonyl (C=O) groups is 3. The molecule has 0 aliphatic carbocycles. The summed E-state index contributed by atoms with van der Waals surface area (Å²) < 4.78 is 10.9. The summed E-state index contributed by atoms with van der Waals surface area (Å²) in [4.78, 5) is 33.1. The Labute approximate surface area is 151 Å². The van der Waals surface area contributed by atoms with Crippen molar-refractivity contribution in [2.24, 2.45) is 5.73 Å². The fourth-order valence-electron chi connectivity index (χ4n) is 1.70. The highest BCUT2D eigenvalue weighted by Gasteiger charge is 2.15. The van der Waals surface area contributed by atoms with E-state index >= 15 is 0 Å². The normalized spacial score (nSPS) is 10.5. The van der Waals surface area contributed by atoms with Gasteiger partial charge in [-0.15, -0.1) is 0 Å². The Bertz CT molecular complexity index is 769. The van der Waals surface area contributed by atoms with E-state index in [4.69, 9.17) is 25.6 Å². The predicted octanol–water partition coefficient (Wildman–Crippen LogP) is 1.41. The van der Waals surface area contributed by atoms with E-state index in [9.17, 15) is 14.4 Å². The highest BCUT2D eigenvalue weighted by Crippen LogP contribution is 2.37. The van der Waals surface area contributed by atoms with E-state index in [1.807, 2.05) is 0 Å². The van der Waals surface area contributed by atoms with Crippen molar-refractivity contribution in [1.29, 1.82) is 5.26 Å². The lowest BCUT2D eigenvalue weighted by Gasteiger charge is -2.13. The van der Waals surface area contributed by atoms with Crippen LogP contribution in [0.4, 0.5) is 4.79 Å². The highest BCUT2D eigenvalue weighted by atomic mass is 79.9.